The van der Waals surface area contributed by atoms with E-state index < -0.39 is 12.1 Å². The number of nitrogens with one attached hydrogen (secondary N) is 1. The summed E-state index contributed by atoms with van der Waals surface area (Å²) in [5.41, 5.74) is 1.02. The average molecular weight is 358 g/mol. The van der Waals surface area contributed by atoms with E-state index in [0.717, 1.165) is 38.8 Å². The molecule has 3 rings (SSSR count). The standard InChI is InChI=1S/C20H26N2O4/c1-13-9-11-22(12-10-13)19(24)14(2)26-20(25)16-5-7-17(8-6-16)21-18(23)15-3-4-15/h5-8,13-15H,3-4,9-12H2,1-2H3,(H,21,23). The molecule has 6 nitrogen and oxygen atoms in total. The summed E-state index contributed by atoms with van der Waals surface area (Å²) in [7, 11) is 0. The summed E-state index contributed by atoms with van der Waals surface area (Å²) in [6.07, 6.45) is 3.06. The van der Waals surface area contributed by atoms with Gasteiger partial charge in [0, 0.05) is 24.7 Å². The number of esters is 1. The Morgan fingerprint density at radius 3 is 2.27 bits per heavy atom. The topological polar surface area (TPSA) is 75.7 Å². The fourth-order valence-electron chi connectivity index (χ4n) is 3.04. The fraction of sp³-hybridized carbons (Fsp3) is 0.550. The van der Waals surface area contributed by atoms with E-state index in [2.05, 4.69) is 12.2 Å². The van der Waals surface area contributed by atoms with E-state index in [1.54, 1.807) is 36.1 Å². The zero-order valence-electron chi connectivity index (χ0n) is 15.4. The second kappa shape index (κ2) is 7.89. The van der Waals surface area contributed by atoms with Crippen LogP contribution in [0, 0.1) is 11.8 Å². The number of ether oxygens (including phenoxy) is 1. The molecule has 1 aromatic carbocycles. The number of likely N-dealkylation sites (tertiary alicyclic amines) is 1. The lowest BCUT2D eigenvalue weighted by Gasteiger charge is -2.31. The van der Waals surface area contributed by atoms with Gasteiger partial charge in [-0.05, 0) is 62.8 Å². The van der Waals surface area contributed by atoms with Crippen molar-refractivity contribution in [2.45, 2.75) is 45.6 Å². The Morgan fingerprint density at radius 2 is 1.69 bits per heavy atom. The zero-order valence-corrected chi connectivity index (χ0v) is 15.4. The number of carbonyl (C=O) groups excluding carboxylic acids is 3. The number of carbonyl (C=O) groups is 3. The summed E-state index contributed by atoms with van der Waals surface area (Å²) in [5, 5.41) is 2.82. The molecule has 2 amide bonds. The smallest absolute Gasteiger partial charge is 0.338 e. The zero-order chi connectivity index (χ0) is 18.7. The Kier molecular flexibility index (Phi) is 5.59. The normalized spacial score (nSPS) is 18.9. The van der Waals surface area contributed by atoms with Gasteiger partial charge >= 0.3 is 5.97 Å². The minimum atomic E-state index is -0.801. The van der Waals surface area contributed by atoms with Crippen LogP contribution in [0.15, 0.2) is 24.3 Å². The second-order valence-corrected chi connectivity index (χ2v) is 7.40. The number of piperidine rings is 1. The predicted molar refractivity (Wildman–Crippen MR) is 97.7 cm³/mol. The van der Waals surface area contributed by atoms with Crippen LogP contribution in [0.3, 0.4) is 0 Å². The van der Waals surface area contributed by atoms with E-state index >= 15 is 0 Å². The minimum absolute atomic E-state index is 0.0235. The highest BCUT2D eigenvalue weighted by Gasteiger charge is 2.30. The van der Waals surface area contributed by atoms with Gasteiger partial charge in [0.05, 0.1) is 5.56 Å². The predicted octanol–water partition coefficient (Wildman–Crippen LogP) is 2.84. The molecule has 2 aliphatic rings. The summed E-state index contributed by atoms with van der Waals surface area (Å²) in [5.74, 6) is 0.116. The van der Waals surface area contributed by atoms with Crippen LogP contribution in [-0.2, 0) is 14.3 Å². The summed E-state index contributed by atoms with van der Waals surface area (Å²) in [6, 6.07) is 6.56. The molecule has 1 N–H and O–H groups in total. The lowest BCUT2D eigenvalue weighted by atomic mass is 9.99. The number of hydrogen-bond acceptors (Lipinski definition) is 4. The van der Waals surface area contributed by atoms with Gasteiger partial charge in [-0.2, -0.15) is 0 Å². The van der Waals surface area contributed by atoms with Crippen LogP contribution >= 0.6 is 0 Å². The molecule has 2 fully saturated rings. The largest absolute Gasteiger partial charge is 0.449 e. The van der Waals surface area contributed by atoms with Gasteiger partial charge in [0.25, 0.3) is 5.91 Å². The molecule has 0 radical (unpaired) electrons. The number of rotatable bonds is 5. The Morgan fingerprint density at radius 1 is 1.08 bits per heavy atom. The molecule has 0 spiro atoms. The molecule has 1 saturated carbocycles. The van der Waals surface area contributed by atoms with Gasteiger partial charge in [0.1, 0.15) is 0 Å². The molecule has 1 saturated heterocycles. The van der Waals surface area contributed by atoms with Crippen molar-refractivity contribution in [1.29, 1.82) is 0 Å². The fourth-order valence-corrected chi connectivity index (χ4v) is 3.04. The molecule has 0 aromatic heterocycles. The highest BCUT2D eigenvalue weighted by molar-refractivity contribution is 5.95. The van der Waals surface area contributed by atoms with Gasteiger partial charge in [-0.15, -0.1) is 0 Å². The average Bonchev–Trinajstić information content (AvgIpc) is 3.47. The van der Waals surface area contributed by atoms with Gasteiger partial charge in [0.15, 0.2) is 6.10 Å². The van der Waals surface area contributed by atoms with Crippen LogP contribution in [0.4, 0.5) is 5.69 Å². The summed E-state index contributed by atoms with van der Waals surface area (Å²) in [4.78, 5) is 38.2. The molecule has 26 heavy (non-hydrogen) atoms. The molecule has 1 aliphatic heterocycles. The van der Waals surface area contributed by atoms with Crippen molar-refractivity contribution in [3.05, 3.63) is 29.8 Å². The molecule has 1 atom stereocenters. The van der Waals surface area contributed by atoms with Crippen molar-refractivity contribution in [3.8, 4) is 0 Å². The van der Waals surface area contributed by atoms with E-state index in [1.165, 1.54) is 0 Å². The number of amides is 2. The van der Waals surface area contributed by atoms with Crippen LogP contribution in [0.1, 0.15) is 49.9 Å². The van der Waals surface area contributed by atoms with Crippen molar-refractivity contribution in [1.82, 2.24) is 4.90 Å². The van der Waals surface area contributed by atoms with Gasteiger partial charge in [-0.3, -0.25) is 9.59 Å². The maximum atomic E-state index is 12.4. The summed E-state index contributed by atoms with van der Waals surface area (Å²) < 4.78 is 5.33. The molecule has 6 heteroatoms. The SMILES string of the molecule is CC1CCN(C(=O)C(C)OC(=O)c2ccc(NC(=O)C3CC3)cc2)CC1. The molecule has 1 aromatic rings. The van der Waals surface area contributed by atoms with E-state index in [9.17, 15) is 14.4 Å². The first-order valence-corrected chi connectivity index (χ1v) is 9.34. The first-order valence-electron chi connectivity index (χ1n) is 9.34. The number of anilines is 1. The van der Waals surface area contributed by atoms with Gasteiger partial charge in [-0.25, -0.2) is 4.79 Å². The Labute approximate surface area is 153 Å². The lowest BCUT2D eigenvalue weighted by molar-refractivity contribution is -0.141. The summed E-state index contributed by atoms with van der Waals surface area (Å²) >= 11 is 0. The van der Waals surface area contributed by atoms with Crippen LogP contribution in [-0.4, -0.2) is 41.9 Å². The van der Waals surface area contributed by atoms with Crippen LogP contribution < -0.4 is 5.32 Å². The Bertz CT molecular complexity index is 674. The third-order valence-corrected chi connectivity index (χ3v) is 5.06. The minimum Gasteiger partial charge on any atom is -0.449 e. The second-order valence-electron chi connectivity index (χ2n) is 7.40. The monoisotopic (exact) mass is 358 g/mol. The molecule has 1 unspecified atom stereocenters. The van der Waals surface area contributed by atoms with E-state index in [-0.39, 0.29) is 17.7 Å². The maximum absolute atomic E-state index is 12.4. The molecule has 1 heterocycles. The van der Waals surface area contributed by atoms with Crippen LogP contribution in [0.5, 0.6) is 0 Å². The van der Waals surface area contributed by atoms with Crippen molar-refractivity contribution in [2.75, 3.05) is 18.4 Å². The van der Waals surface area contributed by atoms with Crippen molar-refractivity contribution >= 4 is 23.5 Å². The lowest BCUT2D eigenvalue weighted by Crippen LogP contribution is -2.44. The van der Waals surface area contributed by atoms with Crippen molar-refractivity contribution in [3.63, 3.8) is 0 Å². The first kappa shape index (κ1) is 18.4. The van der Waals surface area contributed by atoms with E-state index in [0.29, 0.717) is 17.2 Å². The molecular formula is C20H26N2O4. The van der Waals surface area contributed by atoms with Gasteiger partial charge < -0.3 is 15.0 Å². The molecule has 0 bridgehead atoms. The van der Waals surface area contributed by atoms with Gasteiger partial charge in [0.2, 0.25) is 5.91 Å². The van der Waals surface area contributed by atoms with E-state index in [4.69, 9.17) is 4.74 Å². The highest BCUT2D eigenvalue weighted by Crippen LogP contribution is 2.30. The molecular weight excluding hydrogens is 332 g/mol. The number of benzene rings is 1. The summed E-state index contributed by atoms with van der Waals surface area (Å²) in [6.45, 7) is 5.24. The van der Waals surface area contributed by atoms with E-state index in [1.807, 2.05) is 0 Å². The maximum Gasteiger partial charge on any atom is 0.338 e. The first-order chi connectivity index (χ1) is 12.4. The van der Waals surface area contributed by atoms with Crippen molar-refractivity contribution in [2.24, 2.45) is 11.8 Å². The third-order valence-electron chi connectivity index (χ3n) is 5.06. The Balaban J connectivity index is 1.51. The van der Waals surface area contributed by atoms with Crippen LogP contribution in [0.2, 0.25) is 0 Å². The quantitative estimate of drug-likeness (QED) is 0.821. The molecule has 140 valence electrons. The van der Waals surface area contributed by atoms with Crippen molar-refractivity contribution < 1.29 is 19.1 Å². The van der Waals surface area contributed by atoms with Crippen LogP contribution in [0.25, 0.3) is 0 Å². The highest BCUT2D eigenvalue weighted by atomic mass is 16.5. The molecule has 1 aliphatic carbocycles. The Hall–Kier alpha value is -2.37. The number of hydrogen-bond donors (Lipinski definition) is 1. The third kappa shape index (κ3) is 4.62. The van der Waals surface area contributed by atoms with Gasteiger partial charge in [-0.1, -0.05) is 6.92 Å². The number of nitrogens with zero attached hydrogens (tertiary/aromatic N) is 1.